The molecule has 0 nitrogen and oxygen atoms in total. The van der Waals surface area contributed by atoms with Crippen LogP contribution in [-0.4, -0.2) is 12.3 Å². The molecule has 0 saturated heterocycles. The molecule has 0 saturated carbocycles. The van der Waals surface area contributed by atoms with Crippen LogP contribution in [0.4, 0.5) is 0 Å². The minimum Gasteiger partial charge on any atom is -0.122 e. The van der Waals surface area contributed by atoms with E-state index in [1.165, 1.54) is 124 Å². The zero-order valence-corrected chi connectivity index (χ0v) is 16.2. The predicted octanol–water partition coefficient (Wildman–Crippen LogP) is 7.95. The monoisotopic (exact) mass is 314 g/mol. The van der Waals surface area contributed by atoms with Gasteiger partial charge in [0.05, 0.1) is 0 Å². The van der Waals surface area contributed by atoms with Gasteiger partial charge in [-0.05, 0) is 25.2 Å². The Balaban J connectivity index is 2.90. The molecule has 0 aromatic rings. The van der Waals surface area contributed by atoms with Crippen molar-refractivity contribution in [3.8, 4) is 0 Å². The van der Waals surface area contributed by atoms with E-state index in [4.69, 9.17) is 0 Å². The molecule has 128 valence electrons. The zero-order valence-electron chi connectivity index (χ0n) is 15.2. The maximum Gasteiger partial charge on any atom is -0.0353 e. The summed E-state index contributed by atoms with van der Waals surface area (Å²) in [7, 11) is 1.26. The van der Waals surface area contributed by atoms with Crippen LogP contribution in [0.5, 0.6) is 0 Å². The first-order valence-electron chi connectivity index (χ1n) is 10.1. The molecular weight excluding hydrogens is 271 g/mol. The molecule has 0 amide bonds. The standard InChI is InChI=1S/C20H43P/c1-3-5-7-9-11-12-14-16-18-20-21-19-17-15-13-10-8-6-4-2/h21H,3-20H2,1-2H3. The van der Waals surface area contributed by atoms with Gasteiger partial charge >= 0.3 is 0 Å². The number of unbranched alkanes of at least 4 members (excludes halogenated alkanes) is 14. The van der Waals surface area contributed by atoms with Gasteiger partial charge in [0.2, 0.25) is 0 Å². The summed E-state index contributed by atoms with van der Waals surface area (Å²) in [4.78, 5) is 0. The van der Waals surface area contributed by atoms with E-state index in [-0.39, 0.29) is 0 Å². The molecule has 0 bridgehead atoms. The van der Waals surface area contributed by atoms with Crippen LogP contribution in [0.2, 0.25) is 0 Å². The highest BCUT2D eigenvalue weighted by atomic mass is 31.1. The molecule has 21 heavy (non-hydrogen) atoms. The first-order valence-corrected chi connectivity index (χ1v) is 11.5. The van der Waals surface area contributed by atoms with Gasteiger partial charge in [-0.3, -0.25) is 0 Å². The van der Waals surface area contributed by atoms with Crippen molar-refractivity contribution < 1.29 is 0 Å². The Morgan fingerprint density at radius 2 is 0.667 bits per heavy atom. The predicted molar refractivity (Wildman–Crippen MR) is 103 cm³/mol. The van der Waals surface area contributed by atoms with Crippen molar-refractivity contribution in [1.82, 2.24) is 0 Å². The third-order valence-electron chi connectivity index (χ3n) is 4.41. The molecule has 0 aliphatic rings. The first kappa shape index (κ1) is 21.4. The second-order valence-corrected chi connectivity index (χ2v) is 8.20. The molecule has 0 radical (unpaired) electrons. The Kier molecular flexibility index (Phi) is 20.8. The molecular formula is C20H43P. The lowest BCUT2D eigenvalue weighted by atomic mass is 10.1. The summed E-state index contributed by atoms with van der Waals surface area (Å²) in [5.74, 6) is 0. The summed E-state index contributed by atoms with van der Waals surface area (Å²) in [6, 6.07) is 0. The van der Waals surface area contributed by atoms with Gasteiger partial charge in [0.25, 0.3) is 0 Å². The third-order valence-corrected chi connectivity index (χ3v) is 5.83. The second kappa shape index (κ2) is 20.4. The van der Waals surface area contributed by atoms with Crippen molar-refractivity contribution in [3.05, 3.63) is 0 Å². The molecule has 1 atom stereocenters. The largest absolute Gasteiger partial charge is 0.122 e. The van der Waals surface area contributed by atoms with Gasteiger partial charge in [-0.1, -0.05) is 104 Å². The quantitative estimate of drug-likeness (QED) is 0.178. The van der Waals surface area contributed by atoms with E-state index in [1.54, 1.807) is 0 Å². The van der Waals surface area contributed by atoms with Gasteiger partial charge in [-0.2, -0.15) is 0 Å². The van der Waals surface area contributed by atoms with Gasteiger partial charge in [0.15, 0.2) is 0 Å². The molecule has 1 heteroatoms. The Bertz CT molecular complexity index is 149. The minimum atomic E-state index is 1.26. The van der Waals surface area contributed by atoms with Gasteiger partial charge in [-0.15, -0.1) is 8.58 Å². The van der Waals surface area contributed by atoms with Crippen LogP contribution >= 0.6 is 8.58 Å². The van der Waals surface area contributed by atoms with Gasteiger partial charge in [-0.25, -0.2) is 0 Å². The molecule has 0 fully saturated rings. The maximum atomic E-state index is 2.30. The summed E-state index contributed by atoms with van der Waals surface area (Å²) in [6.45, 7) is 4.60. The summed E-state index contributed by atoms with van der Waals surface area (Å²) < 4.78 is 0. The highest BCUT2D eigenvalue weighted by Crippen LogP contribution is 2.18. The molecule has 0 aliphatic carbocycles. The van der Waals surface area contributed by atoms with Crippen LogP contribution in [0, 0.1) is 0 Å². The van der Waals surface area contributed by atoms with E-state index < -0.39 is 0 Å². The third kappa shape index (κ3) is 20.4. The lowest BCUT2D eigenvalue weighted by molar-refractivity contribution is 0.573. The Morgan fingerprint density at radius 3 is 1.00 bits per heavy atom. The van der Waals surface area contributed by atoms with E-state index in [2.05, 4.69) is 13.8 Å². The molecule has 0 spiro atoms. The highest BCUT2D eigenvalue weighted by molar-refractivity contribution is 7.37. The topological polar surface area (TPSA) is 0 Å². The molecule has 0 rings (SSSR count). The van der Waals surface area contributed by atoms with Crippen LogP contribution in [0.25, 0.3) is 0 Å². The van der Waals surface area contributed by atoms with Crippen molar-refractivity contribution in [3.63, 3.8) is 0 Å². The fourth-order valence-corrected chi connectivity index (χ4v) is 4.14. The van der Waals surface area contributed by atoms with Gasteiger partial charge in [0.1, 0.15) is 0 Å². The summed E-state index contributed by atoms with van der Waals surface area (Å²) in [5, 5.41) is 0. The molecule has 0 N–H and O–H groups in total. The molecule has 1 unspecified atom stereocenters. The minimum absolute atomic E-state index is 1.26. The normalized spacial score (nSPS) is 11.7. The number of hydrogen-bond acceptors (Lipinski definition) is 0. The SMILES string of the molecule is CCCCCCCCCCCPCCCCCCCCC. The average molecular weight is 315 g/mol. The number of rotatable bonds is 18. The van der Waals surface area contributed by atoms with Crippen LogP contribution < -0.4 is 0 Å². The lowest BCUT2D eigenvalue weighted by Gasteiger charge is -2.03. The number of hydrogen-bond donors (Lipinski definition) is 0. The van der Waals surface area contributed by atoms with Gasteiger partial charge in [0, 0.05) is 0 Å². The van der Waals surface area contributed by atoms with Crippen LogP contribution in [-0.2, 0) is 0 Å². The fraction of sp³-hybridized carbons (Fsp3) is 1.00. The Hall–Kier alpha value is 0.430. The zero-order chi connectivity index (χ0) is 15.4. The van der Waals surface area contributed by atoms with Crippen molar-refractivity contribution in [1.29, 1.82) is 0 Å². The molecule has 0 aliphatic heterocycles. The summed E-state index contributed by atoms with van der Waals surface area (Å²) in [5.41, 5.74) is 0. The molecule has 0 heterocycles. The van der Waals surface area contributed by atoms with Crippen LogP contribution in [0.1, 0.15) is 117 Å². The van der Waals surface area contributed by atoms with Crippen molar-refractivity contribution in [2.75, 3.05) is 12.3 Å². The van der Waals surface area contributed by atoms with E-state index in [1.807, 2.05) is 0 Å². The molecule has 0 aromatic carbocycles. The fourth-order valence-electron chi connectivity index (χ4n) is 2.89. The average Bonchev–Trinajstić information content (AvgIpc) is 2.50. The van der Waals surface area contributed by atoms with E-state index >= 15 is 0 Å². The van der Waals surface area contributed by atoms with Crippen molar-refractivity contribution in [2.45, 2.75) is 117 Å². The smallest absolute Gasteiger partial charge is 0.0353 e. The van der Waals surface area contributed by atoms with E-state index in [0.29, 0.717) is 0 Å². The van der Waals surface area contributed by atoms with Crippen molar-refractivity contribution >= 4 is 8.58 Å². The highest BCUT2D eigenvalue weighted by Gasteiger charge is 1.94. The van der Waals surface area contributed by atoms with Crippen LogP contribution in [0.3, 0.4) is 0 Å². The van der Waals surface area contributed by atoms with E-state index in [9.17, 15) is 0 Å². The van der Waals surface area contributed by atoms with Crippen LogP contribution in [0.15, 0.2) is 0 Å². The molecule has 0 aromatic heterocycles. The van der Waals surface area contributed by atoms with Gasteiger partial charge < -0.3 is 0 Å². The first-order chi connectivity index (χ1) is 10.4. The lowest BCUT2D eigenvalue weighted by Crippen LogP contribution is -1.85. The second-order valence-electron chi connectivity index (χ2n) is 6.70. The Labute approximate surface area is 138 Å². The van der Waals surface area contributed by atoms with E-state index in [0.717, 1.165) is 0 Å². The summed E-state index contributed by atoms with van der Waals surface area (Å²) >= 11 is 0. The maximum absolute atomic E-state index is 2.30. The summed E-state index contributed by atoms with van der Waals surface area (Å²) in [6.07, 6.45) is 26.5. The Morgan fingerprint density at radius 1 is 0.381 bits per heavy atom. The van der Waals surface area contributed by atoms with Crippen molar-refractivity contribution in [2.24, 2.45) is 0 Å².